The van der Waals surface area contributed by atoms with E-state index in [4.69, 9.17) is 5.73 Å². The molecule has 0 aliphatic rings. The lowest BCUT2D eigenvalue weighted by atomic mass is 10.1. The van der Waals surface area contributed by atoms with Gasteiger partial charge in [0.05, 0.1) is 11.2 Å². The number of nitrogens with two attached hydrogens (primary N) is 1. The SMILES string of the molecule is Nc1ncn2cccc(-c3ccc(NC(=O)Nc4ccccc4Br)cc3)c12. The summed E-state index contributed by atoms with van der Waals surface area (Å²) in [6.45, 7) is 0. The third-order valence-electron chi connectivity index (χ3n) is 4.16. The molecule has 0 unspecified atom stereocenters. The van der Waals surface area contributed by atoms with Crippen molar-refractivity contribution in [2.45, 2.75) is 0 Å². The molecule has 2 aromatic heterocycles. The van der Waals surface area contributed by atoms with E-state index in [1.54, 1.807) is 6.33 Å². The summed E-state index contributed by atoms with van der Waals surface area (Å²) >= 11 is 3.41. The molecule has 0 fully saturated rings. The average Bonchev–Trinajstić information content (AvgIpc) is 3.06. The Morgan fingerprint density at radius 3 is 2.56 bits per heavy atom. The number of pyridine rings is 1. The molecule has 0 bridgehead atoms. The van der Waals surface area contributed by atoms with Gasteiger partial charge in [-0.1, -0.05) is 30.3 Å². The molecular formula is C20H16BrN5O. The lowest BCUT2D eigenvalue weighted by Gasteiger charge is -2.10. The minimum Gasteiger partial charge on any atom is -0.382 e. The van der Waals surface area contributed by atoms with Gasteiger partial charge in [-0.3, -0.25) is 0 Å². The number of para-hydroxylation sites is 1. The molecule has 0 saturated carbocycles. The largest absolute Gasteiger partial charge is 0.382 e. The van der Waals surface area contributed by atoms with E-state index in [1.165, 1.54) is 0 Å². The van der Waals surface area contributed by atoms with Gasteiger partial charge in [-0.05, 0) is 51.8 Å². The standard InChI is InChI=1S/C20H16BrN5O/c21-16-5-1-2-6-17(16)25-20(27)24-14-9-7-13(8-10-14)15-4-3-11-26-12-23-19(22)18(15)26/h1-12H,22H2,(H2,24,25,27). The first kappa shape index (κ1) is 17.1. The molecule has 2 aromatic carbocycles. The second-order valence-corrected chi connectivity index (χ2v) is 6.80. The van der Waals surface area contributed by atoms with Crippen LogP contribution >= 0.6 is 15.9 Å². The van der Waals surface area contributed by atoms with E-state index in [0.717, 1.165) is 21.1 Å². The van der Waals surface area contributed by atoms with Gasteiger partial charge in [0.15, 0.2) is 0 Å². The van der Waals surface area contributed by atoms with Crippen LogP contribution in [-0.2, 0) is 0 Å². The number of nitrogens with zero attached hydrogens (tertiary/aromatic N) is 2. The number of hydrogen-bond acceptors (Lipinski definition) is 3. The van der Waals surface area contributed by atoms with E-state index in [0.29, 0.717) is 17.2 Å². The van der Waals surface area contributed by atoms with Crippen LogP contribution in [0.1, 0.15) is 0 Å². The van der Waals surface area contributed by atoms with Gasteiger partial charge >= 0.3 is 6.03 Å². The number of carbonyl (C=O) groups is 1. The molecule has 0 radical (unpaired) electrons. The summed E-state index contributed by atoms with van der Waals surface area (Å²) in [5, 5.41) is 5.63. The van der Waals surface area contributed by atoms with Crippen LogP contribution < -0.4 is 16.4 Å². The Balaban J connectivity index is 1.53. The molecule has 4 rings (SSSR count). The number of rotatable bonds is 3. The third-order valence-corrected chi connectivity index (χ3v) is 4.85. The van der Waals surface area contributed by atoms with Crippen LogP contribution in [0.25, 0.3) is 16.6 Å². The van der Waals surface area contributed by atoms with Crippen molar-refractivity contribution in [3.63, 3.8) is 0 Å². The van der Waals surface area contributed by atoms with Gasteiger partial charge in [-0.25, -0.2) is 9.78 Å². The number of carbonyl (C=O) groups excluding carboxylic acids is 1. The summed E-state index contributed by atoms with van der Waals surface area (Å²) in [6, 6.07) is 18.7. The fraction of sp³-hybridized carbons (Fsp3) is 0. The molecule has 0 aliphatic carbocycles. The molecule has 6 nitrogen and oxygen atoms in total. The Bertz CT molecular complexity index is 1120. The maximum atomic E-state index is 12.2. The fourth-order valence-corrected chi connectivity index (χ4v) is 3.27. The predicted octanol–water partition coefficient (Wildman–Crippen LogP) is 4.99. The lowest BCUT2D eigenvalue weighted by molar-refractivity contribution is 0.262. The number of fused-ring (bicyclic) bond motifs is 1. The van der Waals surface area contributed by atoms with Crippen molar-refractivity contribution in [2.75, 3.05) is 16.4 Å². The van der Waals surface area contributed by atoms with E-state index in [-0.39, 0.29) is 6.03 Å². The van der Waals surface area contributed by atoms with Gasteiger partial charge < -0.3 is 20.8 Å². The van der Waals surface area contributed by atoms with Gasteiger partial charge in [0.2, 0.25) is 0 Å². The van der Waals surface area contributed by atoms with Crippen molar-refractivity contribution in [1.29, 1.82) is 0 Å². The van der Waals surface area contributed by atoms with Crippen molar-refractivity contribution in [3.8, 4) is 11.1 Å². The van der Waals surface area contributed by atoms with Crippen LogP contribution in [0.15, 0.2) is 77.7 Å². The zero-order valence-corrected chi connectivity index (χ0v) is 15.8. The first-order valence-electron chi connectivity index (χ1n) is 8.26. The van der Waals surface area contributed by atoms with Crippen LogP contribution in [0, 0.1) is 0 Å². The number of nitrogens with one attached hydrogen (secondary N) is 2. The summed E-state index contributed by atoms with van der Waals surface area (Å²) < 4.78 is 2.71. The van der Waals surface area contributed by atoms with Crippen LogP contribution in [0.2, 0.25) is 0 Å². The molecule has 0 atom stereocenters. The van der Waals surface area contributed by atoms with Gasteiger partial charge in [-0.2, -0.15) is 0 Å². The second-order valence-electron chi connectivity index (χ2n) is 5.94. The van der Waals surface area contributed by atoms with E-state index in [2.05, 4.69) is 31.5 Å². The number of urea groups is 1. The Morgan fingerprint density at radius 2 is 1.78 bits per heavy atom. The van der Waals surface area contributed by atoms with E-state index in [1.807, 2.05) is 71.3 Å². The quantitative estimate of drug-likeness (QED) is 0.435. The van der Waals surface area contributed by atoms with Gasteiger partial charge in [0, 0.05) is 21.9 Å². The molecule has 134 valence electrons. The molecule has 0 spiro atoms. The van der Waals surface area contributed by atoms with Gasteiger partial charge in [-0.15, -0.1) is 0 Å². The number of halogens is 1. The van der Waals surface area contributed by atoms with Crippen molar-refractivity contribution < 1.29 is 4.79 Å². The van der Waals surface area contributed by atoms with Crippen LogP contribution in [0.3, 0.4) is 0 Å². The van der Waals surface area contributed by atoms with Crippen molar-refractivity contribution >= 4 is 44.7 Å². The monoisotopic (exact) mass is 421 g/mol. The number of benzene rings is 2. The van der Waals surface area contributed by atoms with Crippen molar-refractivity contribution in [1.82, 2.24) is 9.38 Å². The number of aromatic nitrogens is 2. The maximum absolute atomic E-state index is 12.2. The lowest BCUT2D eigenvalue weighted by Crippen LogP contribution is -2.19. The minimum atomic E-state index is -0.309. The first-order valence-corrected chi connectivity index (χ1v) is 9.05. The molecule has 2 heterocycles. The fourth-order valence-electron chi connectivity index (χ4n) is 2.89. The highest BCUT2D eigenvalue weighted by molar-refractivity contribution is 9.10. The summed E-state index contributed by atoms with van der Waals surface area (Å²) in [6.07, 6.45) is 3.60. The van der Waals surface area contributed by atoms with Crippen LogP contribution in [0.4, 0.5) is 22.0 Å². The third kappa shape index (κ3) is 3.50. The highest BCUT2D eigenvalue weighted by atomic mass is 79.9. The number of nitrogen functional groups attached to an aromatic ring is 1. The highest BCUT2D eigenvalue weighted by Gasteiger charge is 2.09. The van der Waals surface area contributed by atoms with Crippen LogP contribution in [0.5, 0.6) is 0 Å². The number of hydrogen-bond donors (Lipinski definition) is 3. The summed E-state index contributed by atoms with van der Waals surface area (Å²) in [4.78, 5) is 16.4. The molecule has 4 N–H and O–H groups in total. The zero-order chi connectivity index (χ0) is 18.8. The maximum Gasteiger partial charge on any atom is 0.323 e. The Labute approximate surface area is 164 Å². The zero-order valence-electron chi connectivity index (χ0n) is 14.2. The van der Waals surface area contributed by atoms with Crippen molar-refractivity contribution in [2.24, 2.45) is 0 Å². The summed E-state index contributed by atoms with van der Waals surface area (Å²) in [5.74, 6) is 0.487. The molecule has 7 heteroatoms. The Kier molecular flexibility index (Phi) is 4.52. The van der Waals surface area contributed by atoms with Gasteiger partial charge in [0.25, 0.3) is 0 Å². The van der Waals surface area contributed by atoms with Gasteiger partial charge in [0.1, 0.15) is 12.1 Å². The molecule has 2 amide bonds. The number of imidazole rings is 1. The minimum absolute atomic E-state index is 0.309. The topological polar surface area (TPSA) is 84.4 Å². The molecule has 27 heavy (non-hydrogen) atoms. The number of amides is 2. The molecule has 4 aromatic rings. The van der Waals surface area contributed by atoms with E-state index >= 15 is 0 Å². The Morgan fingerprint density at radius 1 is 1.00 bits per heavy atom. The average molecular weight is 422 g/mol. The highest BCUT2D eigenvalue weighted by Crippen LogP contribution is 2.29. The smallest absolute Gasteiger partial charge is 0.323 e. The Hall–Kier alpha value is -3.32. The predicted molar refractivity (Wildman–Crippen MR) is 112 cm³/mol. The van der Waals surface area contributed by atoms with Crippen LogP contribution in [-0.4, -0.2) is 15.4 Å². The number of anilines is 3. The molecule has 0 aliphatic heterocycles. The summed E-state index contributed by atoms with van der Waals surface area (Å²) in [7, 11) is 0. The van der Waals surface area contributed by atoms with E-state index in [9.17, 15) is 4.79 Å². The normalized spacial score (nSPS) is 10.7. The van der Waals surface area contributed by atoms with E-state index < -0.39 is 0 Å². The molecular weight excluding hydrogens is 406 g/mol. The van der Waals surface area contributed by atoms with Crippen molar-refractivity contribution in [3.05, 3.63) is 77.7 Å². The first-order chi connectivity index (χ1) is 13.1. The second kappa shape index (κ2) is 7.13. The summed E-state index contributed by atoms with van der Waals surface area (Å²) in [5.41, 5.74) is 10.2. The molecule has 0 saturated heterocycles.